The van der Waals surface area contributed by atoms with Crippen molar-refractivity contribution in [1.82, 2.24) is 0 Å². The molecule has 0 spiro atoms. The normalized spacial score (nSPS) is 32.2. The molecule has 2 rings (SSSR count). The van der Waals surface area contributed by atoms with Crippen LogP contribution in [0.2, 0.25) is 0 Å². The van der Waals surface area contributed by atoms with E-state index in [2.05, 4.69) is 0 Å². The first-order valence-electron chi connectivity index (χ1n) is 4.60. The summed E-state index contributed by atoms with van der Waals surface area (Å²) in [5.41, 5.74) is 1.39. The molecule has 2 heteroatoms. The van der Waals surface area contributed by atoms with Crippen molar-refractivity contribution < 1.29 is 9.59 Å². The summed E-state index contributed by atoms with van der Waals surface area (Å²) in [6, 6.07) is 0. The second kappa shape index (κ2) is 2.66. The van der Waals surface area contributed by atoms with Gasteiger partial charge >= 0.3 is 0 Å². The molecule has 1 atom stereocenters. The molecule has 0 aromatic rings. The van der Waals surface area contributed by atoms with Crippen molar-refractivity contribution in [2.45, 2.75) is 26.2 Å². The van der Waals surface area contributed by atoms with E-state index in [4.69, 9.17) is 0 Å². The summed E-state index contributed by atoms with van der Waals surface area (Å²) in [4.78, 5) is 22.3. The van der Waals surface area contributed by atoms with E-state index in [9.17, 15) is 9.59 Å². The van der Waals surface area contributed by atoms with Crippen molar-refractivity contribution in [3.63, 3.8) is 0 Å². The molecule has 13 heavy (non-hydrogen) atoms. The lowest BCUT2D eigenvalue weighted by Crippen LogP contribution is -2.28. The van der Waals surface area contributed by atoms with Crippen LogP contribution in [-0.4, -0.2) is 12.1 Å². The number of allylic oxidation sites excluding steroid dienone is 4. The van der Waals surface area contributed by atoms with Crippen LogP contribution in [0, 0.1) is 5.41 Å². The van der Waals surface area contributed by atoms with E-state index in [1.54, 1.807) is 6.08 Å². The van der Waals surface area contributed by atoms with E-state index >= 15 is 0 Å². The van der Waals surface area contributed by atoms with E-state index in [0.717, 1.165) is 36.7 Å². The number of hydrogen-bond donors (Lipinski definition) is 0. The van der Waals surface area contributed by atoms with Crippen LogP contribution in [0.5, 0.6) is 0 Å². The van der Waals surface area contributed by atoms with Crippen LogP contribution in [0.4, 0.5) is 0 Å². The Hall–Kier alpha value is -1.18. The van der Waals surface area contributed by atoms with Gasteiger partial charge < -0.3 is 0 Å². The molecule has 0 radical (unpaired) electrons. The average molecular weight is 176 g/mol. The largest absolute Gasteiger partial charge is 0.298 e. The number of ketones is 1. The van der Waals surface area contributed by atoms with E-state index in [1.165, 1.54) is 0 Å². The molecule has 0 heterocycles. The number of hydrogen-bond acceptors (Lipinski definition) is 2. The van der Waals surface area contributed by atoms with Gasteiger partial charge in [0, 0.05) is 0 Å². The molecule has 0 aromatic heterocycles. The summed E-state index contributed by atoms with van der Waals surface area (Å²) < 4.78 is 0. The van der Waals surface area contributed by atoms with Crippen molar-refractivity contribution in [1.29, 1.82) is 0 Å². The van der Waals surface area contributed by atoms with Crippen molar-refractivity contribution in [3.05, 3.63) is 23.3 Å². The number of carbonyl (C=O) groups is 2. The van der Waals surface area contributed by atoms with Gasteiger partial charge in [0.2, 0.25) is 0 Å². The Kier molecular flexibility index (Phi) is 1.72. The average Bonchev–Trinajstić information content (AvgIpc) is 2.43. The molecule has 0 aliphatic heterocycles. The van der Waals surface area contributed by atoms with Crippen molar-refractivity contribution >= 4 is 12.1 Å². The van der Waals surface area contributed by atoms with Gasteiger partial charge in [-0.15, -0.1) is 0 Å². The minimum atomic E-state index is -0.380. The summed E-state index contributed by atoms with van der Waals surface area (Å²) in [7, 11) is 0. The van der Waals surface area contributed by atoms with Crippen LogP contribution in [0.1, 0.15) is 26.2 Å². The minimum absolute atomic E-state index is 0.154. The first-order chi connectivity index (χ1) is 6.18. The summed E-state index contributed by atoms with van der Waals surface area (Å²) in [5, 5.41) is 0. The topological polar surface area (TPSA) is 34.1 Å². The standard InChI is InChI=1S/C11H12O2/c1-11-6-2-3-8(7-12)9(11)4-5-10(11)13/h4-5,7H,2-3,6H2,1H3. The van der Waals surface area contributed by atoms with Crippen LogP contribution in [-0.2, 0) is 9.59 Å². The monoisotopic (exact) mass is 176 g/mol. The van der Waals surface area contributed by atoms with E-state index in [1.807, 2.05) is 13.0 Å². The summed E-state index contributed by atoms with van der Waals surface area (Å²) >= 11 is 0. The number of carbonyl (C=O) groups excluding carboxylic acids is 2. The lowest BCUT2D eigenvalue weighted by molar-refractivity contribution is -0.121. The highest BCUT2D eigenvalue weighted by Gasteiger charge is 2.41. The van der Waals surface area contributed by atoms with Gasteiger partial charge in [-0.05, 0) is 43.4 Å². The predicted molar refractivity (Wildman–Crippen MR) is 49.2 cm³/mol. The summed E-state index contributed by atoms with van der Waals surface area (Å²) in [6.45, 7) is 1.94. The van der Waals surface area contributed by atoms with Gasteiger partial charge in [-0.3, -0.25) is 9.59 Å². The van der Waals surface area contributed by atoms with Gasteiger partial charge in [0.25, 0.3) is 0 Å². The zero-order valence-corrected chi connectivity index (χ0v) is 7.67. The molecular weight excluding hydrogens is 164 g/mol. The molecule has 0 saturated heterocycles. The van der Waals surface area contributed by atoms with Crippen molar-refractivity contribution in [2.24, 2.45) is 5.41 Å². The van der Waals surface area contributed by atoms with Crippen LogP contribution in [0.3, 0.4) is 0 Å². The van der Waals surface area contributed by atoms with Crippen LogP contribution >= 0.6 is 0 Å². The number of aldehydes is 1. The molecule has 68 valence electrons. The summed E-state index contributed by atoms with van der Waals surface area (Å²) in [6.07, 6.45) is 6.96. The first-order valence-corrected chi connectivity index (χ1v) is 4.60. The van der Waals surface area contributed by atoms with Gasteiger partial charge in [-0.25, -0.2) is 0 Å². The maximum absolute atomic E-state index is 11.6. The molecule has 0 fully saturated rings. The second-order valence-electron chi connectivity index (χ2n) is 3.94. The fourth-order valence-electron chi connectivity index (χ4n) is 2.27. The molecule has 1 unspecified atom stereocenters. The fraction of sp³-hybridized carbons (Fsp3) is 0.455. The SMILES string of the molecule is CC12CCCC(C=O)=C1C=CC2=O. The third-order valence-electron chi connectivity index (χ3n) is 3.15. The fourth-order valence-corrected chi connectivity index (χ4v) is 2.27. The highest BCUT2D eigenvalue weighted by Crippen LogP contribution is 2.45. The molecule has 0 aromatic carbocycles. The van der Waals surface area contributed by atoms with Gasteiger partial charge in [0.05, 0.1) is 5.41 Å². The number of fused-ring (bicyclic) bond motifs is 1. The maximum Gasteiger partial charge on any atom is 0.165 e. The lowest BCUT2D eigenvalue weighted by Gasteiger charge is -2.29. The maximum atomic E-state index is 11.6. The molecule has 2 nitrogen and oxygen atoms in total. The van der Waals surface area contributed by atoms with E-state index in [0.29, 0.717) is 0 Å². The van der Waals surface area contributed by atoms with Crippen LogP contribution < -0.4 is 0 Å². The molecule has 0 N–H and O–H groups in total. The number of rotatable bonds is 1. The molecule has 0 saturated carbocycles. The van der Waals surface area contributed by atoms with Gasteiger partial charge in [-0.2, -0.15) is 0 Å². The second-order valence-corrected chi connectivity index (χ2v) is 3.94. The van der Waals surface area contributed by atoms with E-state index < -0.39 is 0 Å². The third kappa shape index (κ3) is 1.01. The highest BCUT2D eigenvalue weighted by molar-refractivity contribution is 6.03. The Bertz CT molecular complexity index is 336. The van der Waals surface area contributed by atoms with Crippen LogP contribution in [0.25, 0.3) is 0 Å². The zero-order chi connectivity index (χ0) is 9.47. The first kappa shape index (κ1) is 8.42. The summed E-state index contributed by atoms with van der Waals surface area (Å²) in [5.74, 6) is 0.154. The molecule has 0 bridgehead atoms. The predicted octanol–water partition coefficient (Wildman–Crippen LogP) is 1.81. The smallest absolute Gasteiger partial charge is 0.165 e. The van der Waals surface area contributed by atoms with Crippen molar-refractivity contribution in [2.75, 3.05) is 0 Å². The lowest BCUT2D eigenvalue weighted by atomic mass is 9.72. The molecular formula is C11H12O2. The third-order valence-corrected chi connectivity index (χ3v) is 3.15. The Morgan fingerprint density at radius 2 is 2.23 bits per heavy atom. The molecule has 2 aliphatic rings. The molecule has 2 aliphatic carbocycles. The Morgan fingerprint density at radius 1 is 1.46 bits per heavy atom. The molecule has 0 amide bonds. The Morgan fingerprint density at radius 3 is 2.92 bits per heavy atom. The minimum Gasteiger partial charge on any atom is -0.298 e. The Balaban J connectivity index is 2.55. The quantitative estimate of drug-likeness (QED) is 0.571. The van der Waals surface area contributed by atoms with E-state index in [-0.39, 0.29) is 11.2 Å². The Labute approximate surface area is 77.3 Å². The van der Waals surface area contributed by atoms with Crippen molar-refractivity contribution in [3.8, 4) is 0 Å². The highest BCUT2D eigenvalue weighted by atomic mass is 16.1. The zero-order valence-electron chi connectivity index (χ0n) is 7.67. The van der Waals surface area contributed by atoms with Crippen LogP contribution in [0.15, 0.2) is 23.3 Å². The van der Waals surface area contributed by atoms with Gasteiger partial charge in [0.1, 0.15) is 6.29 Å². The van der Waals surface area contributed by atoms with Gasteiger partial charge in [0.15, 0.2) is 5.78 Å². The van der Waals surface area contributed by atoms with Gasteiger partial charge in [-0.1, -0.05) is 6.08 Å².